The second-order valence-corrected chi connectivity index (χ2v) is 28.4. The first-order valence-corrected chi connectivity index (χ1v) is 36.5. The smallest absolute Gasteiger partial charge is 0.485 e. The van der Waals surface area contributed by atoms with E-state index in [1.165, 1.54) is 19.8 Å². The minimum absolute atomic E-state index is 0.0280. The van der Waals surface area contributed by atoms with Crippen LogP contribution in [-0.2, 0) is 29.1 Å². The molecule has 0 spiro atoms. The molecule has 13 heterocycles. The van der Waals surface area contributed by atoms with Crippen molar-refractivity contribution < 1.29 is 60.1 Å². The zero-order valence-electron chi connectivity index (χ0n) is 62.7. The maximum absolute atomic E-state index is 13.9. The lowest BCUT2D eigenvalue weighted by atomic mass is 9.90. The molecule has 1 atom stereocenters. The number of hydrogen-bond donors (Lipinski definition) is 2. The first kappa shape index (κ1) is 85.3. The number of aromatic nitrogens is 12. The largest absolute Gasteiger partial charge is 0.486 e. The molecule has 588 valence electrons. The molecule has 1 aliphatic heterocycles. The van der Waals surface area contributed by atoms with Crippen LogP contribution in [-0.4, -0.2) is 93.7 Å². The molecule has 1 unspecified atom stereocenters. The summed E-state index contributed by atoms with van der Waals surface area (Å²) in [6.45, 7) is 24.5. The van der Waals surface area contributed by atoms with Gasteiger partial charge in [0.25, 0.3) is 16.7 Å². The molecule has 2 N–H and O–H groups in total. The fraction of sp³-hybridized carbons (Fsp3) is 0.210. The number of aliphatic hydroxyl groups is 2. The van der Waals surface area contributed by atoms with Crippen LogP contribution < -0.4 is 30.9 Å². The van der Waals surface area contributed by atoms with Crippen LogP contribution in [0.15, 0.2) is 184 Å². The summed E-state index contributed by atoms with van der Waals surface area (Å²) in [6.07, 6.45) is 8.02. The molecule has 12 aromatic rings. The molecule has 0 saturated carbocycles. The predicted octanol–water partition coefficient (Wildman–Crippen LogP) is 16.7. The quantitative estimate of drug-likeness (QED) is 0.0432. The molecular formula is C81H71BBrCl3F6N12O10. The highest BCUT2D eigenvalue weighted by Gasteiger charge is 2.50. The van der Waals surface area contributed by atoms with E-state index in [2.05, 4.69) is 73.9 Å². The number of pyridine rings is 12. The molecule has 13 rings (SSSR count). The highest BCUT2D eigenvalue weighted by Crippen LogP contribution is 2.37. The third-order valence-electron chi connectivity index (χ3n) is 17.8. The minimum atomic E-state index is -1.13. The van der Waals surface area contributed by atoms with Gasteiger partial charge in [-0.3, -0.25) is 58.0 Å². The van der Waals surface area contributed by atoms with Gasteiger partial charge in [-0.1, -0.05) is 65.6 Å². The van der Waals surface area contributed by atoms with Crippen LogP contribution >= 0.6 is 50.7 Å². The number of aryl methyl sites for hydroxylation is 6. The van der Waals surface area contributed by atoms with Crippen molar-refractivity contribution >= 4 is 63.9 Å². The monoisotopic (exact) mass is 1680 g/mol. The van der Waals surface area contributed by atoms with Gasteiger partial charge in [0.2, 0.25) is 0 Å². The highest BCUT2D eigenvalue weighted by atomic mass is 79.9. The third-order valence-corrected chi connectivity index (χ3v) is 19.3. The minimum Gasteiger partial charge on any atom is -0.485 e. The molecule has 0 aromatic carbocycles. The Morgan fingerprint density at radius 3 is 1.16 bits per heavy atom. The van der Waals surface area contributed by atoms with Crippen LogP contribution in [0.25, 0.3) is 57.3 Å². The normalized spacial score (nSPS) is 12.8. The molecule has 0 amide bonds. The number of hydrogen-bond acceptors (Lipinski definition) is 19. The Hall–Kier alpha value is -11.1. The molecule has 0 bridgehead atoms. The number of rotatable bonds is 19. The Labute approximate surface area is 673 Å². The standard InChI is InChI=1S/C25H21ClF2N4O4.C25H19ClF2N4O2.C23H16BrClF2N4O2.C8H15BO2/c1-13-9-29-19(17-4-3-5-18(31-17)22(34)11-33)8-21(13)32-14(2)6-23(24(26)25(32)35)36-12-20-16(28)7-15(27)10-30-20;1-4-17-6-5-7-19(31-17)20-10-22(14(2)11-29-20)32-15(3)8-23(24(26)25(32)33)34-13-21-18(28)9-16(27)12-30-21;1-12-9-28-17(16-4-3-5-21(24)30-16)8-19(12)31-13(2)6-20(22(25)23(31)32)33-11-18-15(27)7-14(26)10-29-18;1-6-9-10-7(2,3)8(4,5)11-9/h3-10,22,33-34H,11-12H2,1-2H3;4-12H,1,13H2,2-3H3;3-10H,11H2,1-2H3;6H,1H2,2-5H3. The molecule has 1 saturated heterocycles. The van der Waals surface area contributed by atoms with E-state index < -0.39 is 64.3 Å². The number of halogens is 10. The Balaban J connectivity index is 0.000000169. The molecule has 1 aliphatic rings. The molecule has 0 radical (unpaired) electrons. The lowest BCUT2D eigenvalue weighted by Gasteiger charge is -2.32. The fourth-order valence-electron chi connectivity index (χ4n) is 11.1. The Kier molecular flexibility index (Phi) is 27.6. The zero-order chi connectivity index (χ0) is 82.8. The van der Waals surface area contributed by atoms with Crippen LogP contribution in [0.2, 0.25) is 15.1 Å². The summed E-state index contributed by atoms with van der Waals surface area (Å²) in [5.74, 6) is -3.13. The number of nitrogens with zero attached hydrogens (tertiary/aromatic N) is 12. The van der Waals surface area contributed by atoms with Gasteiger partial charge in [-0.25, -0.2) is 41.3 Å². The topological polar surface area (TPSA) is 269 Å². The summed E-state index contributed by atoms with van der Waals surface area (Å²) in [5.41, 5.74) is 7.25. The molecular weight excluding hydrogens is 1610 g/mol. The lowest BCUT2D eigenvalue weighted by Crippen LogP contribution is -2.41. The van der Waals surface area contributed by atoms with Crippen LogP contribution in [0.5, 0.6) is 17.2 Å². The molecule has 12 aromatic heterocycles. The van der Waals surface area contributed by atoms with Gasteiger partial charge in [0, 0.05) is 72.1 Å². The van der Waals surface area contributed by atoms with Crippen molar-refractivity contribution in [2.24, 2.45) is 0 Å². The average molecular weight is 1680 g/mol. The van der Waals surface area contributed by atoms with Gasteiger partial charge in [0.15, 0.2) is 17.5 Å². The van der Waals surface area contributed by atoms with Gasteiger partial charge in [-0.15, -0.1) is 6.58 Å². The van der Waals surface area contributed by atoms with Gasteiger partial charge < -0.3 is 33.7 Å². The van der Waals surface area contributed by atoms with Gasteiger partial charge >= 0.3 is 7.12 Å². The summed E-state index contributed by atoms with van der Waals surface area (Å²) in [7, 11) is -0.250. The van der Waals surface area contributed by atoms with Crippen LogP contribution in [0.1, 0.15) is 96.0 Å². The summed E-state index contributed by atoms with van der Waals surface area (Å²) in [6, 6.07) is 27.9. The van der Waals surface area contributed by atoms with E-state index >= 15 is 0 Å². The Morgan fingerprint density at radius 1 is 0.491 bits per heavy atom. The van der Waals surface area contributed by atoms with Crippen LogP contribution in [0.4, 0.5) is 26.3 Å². The molecule has 33 heteroatoms. The average Bonchev–Trinajstić information content (AvgIpc) is 1.54. The molecule has 22 nitrogen and oxygen atoms in total. The van der Waals surface area contributed by atoms with E-state index in [9.17, 15) is 50.9 Å². The summed E-state index contributed by atoms with van der Waals surface area (Å²) >= 11 is 22.3. The van der Waals surface area contributed by atoms with Gasteiger partial charge in [-0.2, -0.15) is 0 Å². The van der Waals surface area contributed by atoms with Crippen molar-refractivity contribution in [3.05, 3.63) is 313 Å². The van der Waals surface area contributed by atoms with Gasteiger partial charge in [0.1, 0.15) is 97.4 Å². The number of ether oxygens (including phenoxy) is 3. The van der Waals surface area contributed by atoms with Crippen molar-refractivity contribution in [3.63, 3.8) is 0 Å². The van der Waals surface area contributed by atoms with Crippen molar-refractivity contribution in [2.75, 3.05) is 6.61 Å². The van der Waals surface area contributed by atoms with Crippen molar-refractivity contribution in [1.29, 1.82) is 0 Å². The van der Waals surface area contributed by atoms with Crippen LogP contribution in [0, 0.1) is 76.4 Å². The maximum Gasteiger partial charge on any atom is 0.486 e. The molecule has 0 aliphatic carbocycles. The summed E-state index contributed by atoms with van der Waals surface area (Å²) < 4.78 is 114. The second kappa shape index (κ2) is 36.8. The van der Waals surface area contributed by atoms with E-state index in [0.717, 1.165) is 29.7 Å². The van der Waals surface area contributed by atoms with E-state index in [-0.39, 0.29) is 93.2 Å². The van der Waals surface area contributed by atoms with E-state index in [4.69, 9.17) is 58.3 Å². The lowest BCUT2D eigenvalue weighted by molar-refractivity contribution is 0.00578. The number of aliphatic hydroxyl groups excluding tert-OH is 2. The summed E-state index contributed by atoms with van der Waals surface area (Å²) in [5, 5.41) is 18.5. The third kappa shape index (κ3) is 19.9. The molecule has 1 fully saturated rings. The second-order valence-electron chi connectivity index (χ2n) is 26.5. The highest BCUT2D eigenvalue weighted by molar-refractivity contribution is 9.10. The van der Waals surface area contributed by atoms with Crippen LogP contribution in [0.3, 0.4) is 0 Å². The maximum atomic E-state index is 13.9. The SMILES string of the molecule is C=CB1OC(C)(C)C(C)(C)O1.C=Cc1cccc(-c2cc(-n3c(C)cc(OCc4ncc(F)cc4F)c(Cl)c3=O)c(C)cn2)n1.Cc1cnc(-c2cccc(Br)n2)cc1-n1c(C)cc(OCc2ncc(F)cc2F)c(Cl)c1=O.Cc1cnc(-c2cccc(C(O)CO)n2)cc1-n1c(C)cc(OCc2ncc(F)cc2F)c(Cl)c1=O. The van der Waals surface area contributed by atoms with Crippen molar-refractivity contribution in [3.8, 4) is 68.5 Å². The van der Waals surface area contributed by atoms with Crippen molar-refractivity contribution in [1.82, 2.24) is 58.6 Å². The predicted molar refractivity (Wildman–Crippen MR) is 424 cm³/mol. The van der Waals surface area contributed by atoms with Gasteiger partial charge in [0.05, 0.1) is 99.0 Å². The van der Waals surface area contributed by atoms with E-state index in [1.807, 2.05) is 71.9 Å². The summed E-state index contributed by atoms with van der Waals surface area (Å²) in [4.78, 5) is 77.1. The van der Waals surface area contributed by atoms with Crippen molar-refractivity contribution in [2.45, 2.75) is 106 Å². The van der Waals surface area contributed by atoms with Gasteiger partial charge in [-0.05, 0) is 163 Å². The first-order valence-electron chi connectivity index (χ1n) is 34.5. The van der Waals surface area contributed by atoms with E-state index in [1.54, 1.807) is 113 Å². The first-order chi connectivity index (χ1) is 54.1. The molecule has 114 heavy (non-hydrogen) atoms. The van der Waals surface area contributed by atoms with E-state index in [0.29, 0.717) is 102 Å². The Morgan fingerprint density at radius 2 is 0.833 bits per heavy atom. The fourth-order valence-corrected chi connectivity index (χ4v) is 12.1. The zero-order valence-corrected chi connectivity index (χ0v) is 66.6. The Bertz CT molecular complexity index is 5830.